The molecule has 0 radical (unpaired) electrons. The van der Waals surface area contributed by atoms with Crippen LogP contribution in [0, 0.1) is 0 Å². The van der Waals surface area contributed by atoms with Gasteiger partial charge in [0.15, 0.2) is 0 Å². The smallest absolute Gasteiger partial charge is 0.255 e. The van der Waals surface area contributed by atoms with E-state index in [9.17, 15) is 9.59 Å². The number of para-hydroxylation sites is 2. The lowest BCUT2D eigenvalue weighted by Gasteiger charge is -2.13. The molecule has 1 heterocycles. The van der Waals surface area contributed by atoms with E-state index in [0.717, 1.165) is 5.82 Å². The zero-order chi connectivity index (χ0) is 23.3. The first kappa shape index (κ1) is 23.3. The highest BCUT2D eigenvalue weighted by atomic mass is 32.2. The molecule has 1 aromatic heterocycles. The highest BCUT2D eigenvalue weighted by Gasteiger charge is 2.22. The fraction of sp³-hybridized carbons (Fsp3) is 0.304. The van der Waals surface area contributed by atoms with Gasteiger partial charge in [-0.05, 0) is 43.3 Å². The summed E-state index contributed by atoms with van der Waals surface area (Å²) >= 11 is 1.28. The molecule has 0 spiro atoms. The lowest BCUT2D eigenvalue weighted by molar-refractivity contribution is -0.115. The van der Waals surface area contributed by atoms with E-state index < -0.39 is 5.25 Å². The van der Waals surface area contributed by atoms with Crippen molar-refractivity contribution in [2.45, 2.75) is 43.5 Å². The number of H-pyrrole nitrogens is 1. The van der Waals surface area contributed by atoms with Gasteiger partial charge in [-0.15, -0.1) is 5.10 Å². The molecule has 9 heteroatoms. The van der Waals surface area contributed by atoms with Gasteiger partial charge in [0.25, 0.3) is 5.91 Å². The number of aromatic nitrogens is 3. The first-order chi connectivity index (χ1) is 15.2. The molecule has 0 saturated carbocycles. The van der Waals surface area contributed by atoms with Crippen LogP contribution < -0.4 is 15.4 Å². The standard InChI is InChI=1S/C23H27N5O3S/c1-14(32-22-26-21(27-28-22)23(2,3)4)19(29)24-16-12-10-15(11-13-16)20(30)25-17-8-6-7-9-18(17)31-5/h6-14H,1-5H3,(H,24,29)(H,25,30)(H,26,27,28). The van der Waals surface area contributed by atoms with Crippen LogP contribution in [0.2, 0.25) is 0 Å². The van der Waals surface area contributed by atoms with Crippen LogP contribution in [-0.4, -0.2) is 39.4 Å². The monoisotopic (exact) mass is 453 g/mol. The minimum absolute atomic E-state index is 0.142. The third kappa shape index (κ3) is 5.88. The number of aromatic amines is 1. The fourth-order valence-corrected chi connectivity index (χ4v) is 3.46. The van der Waals surface area contributed by atoms with Crippen molar-refractivity contribution in [2.75, 3.05) is 17.7 Å². The average Bonchev–Trinajstić information content (AvgIpc) is 3.23. The second-order valence-corrected chi connectivity index (χ2v) is 9.51. The molecule has 32 heavy (non-hydrogen) atoms. The lowest BCUT2D eigenvalue weighted by Crippen LogP contribution is -2.22. The molecule has 0 fully saturated rings. The molecule has 8 nitrogen and oxygen atoms in total. The normalized spacial score (nSPS) is 12.2. The van der Waals surface area contributed by atoms with E-state index in [1.54, 1.807) is 50.4 Å². The average molecular weight is 454 g/mol. The maximum atomic E-state index is 12.6. The first-order valence-corrected chi connectivity index (χ1v) is 11.0. The maximum absolute atomic E-state index is 12.6. The summed E-state index contributed by atoms with van der Waals surface area (Å²) in [6.07, 6.45) is 0. The van der Waals surface area contributed by atoms with Gasteiger partial charge in [-0.2, -0.15) is 0 Å². The summed E-state index contributed by atoms with van der Waals surface area (Å²) in [5.74, 6) is 0.908. The van der Waals surface area contributed by atoms with Crippen molar-refractivity contribution < 1.29 is 14.3 Å². The van der Waals surface area contributed by atoms with Gasteiger partial charge in [0.1, 0.15) is 11.6 Å². The van der Waals surface area contributed by atoms with Crippen molar-refractivity contribution >= 4 is 35.0 Å². The van der Waals surface area contributed by atoms with Gasteiger partial charge in [0.2, 0.25) is 11.1 Å². The largest absolute Gasteiger partial charge is 0.495 e. The fourth-order valence-electron chi connectivity index (χ4n) is 2.74. The topological polar surface area (TPSA) is 109 Å². The van der Waals surface area contributed by atoms with Gasteiger partial charge in [0, 0.05) is 16.7 Å². The predicted molar refractivity (Wildman–Crippen MR) is 126 cm³/mol. The number of ether oxygens (including phenoxy) is 1. The molecule has 1 atom stereocenters. The number of rotatable bonds is 7. The number of anilines is 2. The van der Waals surface area contributed by atoms with E-state index in [0.29, 0.717) is 27.8 Å². The summed E-state index contributed by atoms with van der Waals surface area (Å²) in [5.41, 5.74) is 1.51. The van der Waals surface area contributed by atoms with Crippen LogP contribution in [0.5, 0.6) is 5.75 Å². The third-order valence-electron chi connectivity index (χ3n) is 4.60. The molecule has 3 aromatic rings. The molecule has 3 rings (SSSR count). The predicted octanol–water partition coefficient (Wildman–Crippen LogP) is 4.48. The van der Waals surface area contributed by atoms with Gasteiger partial charge < -0.3 is 15.4 Å². The Morgan fingerprint density at radius 2 is 1.75 bits per heavy atom. The maximum Gasteiger partial charge on any atom is 0.255 e. The molecule has 2 amide bonds. The van der Waals surface area contributed by atoms with Crippen molar-refractivity contribution in [1.29, 1.82) is 0 Å². The number of methoxy groups -OCH3 is 1. The summed E-state index contributed by atoms with van der Waals surface area (Å²) in [6.45, 7) is 7.91. The summed E-state index contributed by atoms with van der Waals surface area (Å²) in [4.78, 5) is 29.5. The number of thioether (sulfide) groups is 1. The SMILES string of the molecule is COc1ccccc1NC(=O)c1ccc(NC(=O)C(C)Sc2n[nH]c(C(C)(C)C)n2)cc1. The van der Waals surface area contributed by atoms with Crippen LogP contribution in [0.15, 0.2) is 53.7 Å². The minimum atomic E-state index is -0.396. The van der Waals surface area contributed by atoms with Crippen molar-refractivity contribution in [3.63, 3.8) is 0 Å². The molecule has 168 valence electrons. The van der Waals surface area contributed by atoms with E-state index >= 15 is 0 Å². The zero-order valence-corrected chi connectivity index (χ0v) is 19.5. The molecule has 0 aliphatic heterocycles. The third-order valence-corrected chi connectivity index (χ3v) is 5.56. The Morgan fingerprint density at radius 1 is 1.06 bits per heavy atom. The molecule has 2 aromatic carbocycles. The molecule has 0 saturated heterocycles. The molecular weight excluding hydrogens is 426 g/mol. The molecule has 0 aliphatic carbocycles. The summed E-state index contributed by atoms with van der Waals surface area (Å²) in [5, 5.41) is 12.9. The van der Waals surface area contributed by atoms with Crippen molar-refractivity contribution in [3.8, 4) is 5.75 Å². The number of amides is 2. The van der Waals surface area contributed by atoms with E-state index in [1.165, 1.54) is 11.8 Å². The van der Waals surface area contributed by atoms with E-state index in [4.69, 9.17) is 4.74 Å². The van der Waals surface area contributed by atoms with Crippen LogP contribution >= 0.6 is 11.8 Å². The van der Waals surface area contributed by atoms with Gasteiger partial charge >= 0.3 is 0 Å². The number of hydrogen-bond donors (Lipinski definition) is 3. The Balaban J connectivity index is 1.58. The van der Waals surface area contributed by atoms with Crippen LogP contribution in [0.1, 0.15) is 43.9 Å². The van der Waals surface area contributed by atoms with E-state index in [-0.39, 0.29) is 17.2 Å². The van der Waals surface area contributed by atoms with Crippen LogP contribution in [0.4, 0.5) is 11.4 Å². The minimum Gasteiger partial charge on any atom is -0.495 e. The first-order valence-electron chi connectivity index (χ1n) is 10.1. The second kappa shape index (κ2) is 9.86. The van der Waals surface area contributed by atoms with Gasteiger partial charge in [-0.1, -0.05) is 44.7 Å². The van der Waals surface area contributed by atoms with Crippen LogP contribution in [-0.2, 0) is 10.2 Å². The Kier molecular flexibility index (Phi) is 7.19. The van der Waals surface area contributed by atoms with Gasteiger partial charge in [-0.25, -0.2) is 4.98 Å². The highest BCUT2D eigenvalue weighted by molar-refractivity contribution is 8.00. The number of benzene rings is 2. The Hall–Kier alpha value is -3.33. The Labute approximate surface area is 191 Å². The highest BCUT2D eigenvalue weighted by Crippen LogP contribution is 2.25. The van der Waals surface area contributed by atoms with Gasteiger partial charge in [-0.3, -0.25) is 14.7 Å². The number of carbonyl (C=O) groups is 2. The molecule has 0 aliphatic rings. The molecule has 0 bridgehead atoms. The summed E-state index contributed by atoms with van der Waals surface area (Å²) in [7, 11) is 1.55. The number of carbonyl (C=O) groups excluding carboxylic acids is 2. The second-order valence-electron chi connectivity index (χ2n) is 8.20. The Morgan fingerprint density at radius 3 is 2.38 bits per heavy atom. The van der Waals surface area contributed by atoms with Crippen LogP contribution in [0.25, 0.3) is 0 Å². The van der Waals surface area contributed by atoms with E-state index in [2.05, 4.69) is 25.8 Å². The van der Waals surface area contributed by atoms with Crippen molar-refractivity contribution in [1.82, 2.24) is 15.2 Å². The van der Waals surface area contributed by atoms with Crippen LogP contribution in [0.3, 0.4) is 0 Å². The van der Waals surface area contributed by atoms with Gasteiger partial charge in [0.05, 0.1) is 18.0 Å². The zero-order valence-electron chi connectivity index (χ0n) is 18.7. The number of nitrogens with one attached hydrogen (secondary N) is 3. The van der Waals surface area contributed by atoms with Crippen molar-refractivity contribution in [3.05, 3.63) is 59.9 Å². The molecule has 3 N–H and O–H groups in total. The van der Waals surface area contributed by atoms with E-state index in [1.807, 2.05) is 32.9 Å². The number of nitrogens with zero attached hydrogens (tertiary/aromatic N) is 2. The number of hydrogen-bond acceptors (Lipinski definition) is 6. The molecular formula is C23H27N5O3S. The molecule has 1 unspecified atom stereocenters. The quantitative estimate of drug-likeness (QED) is 0.455. The summed E-state index contributed by atoms with van der Waals surface area (Å²) < 4.78 is 5.25. The summed E-state index contributed by atoms with van der Waals surface area (Å²) in [6, 6.07) is 13.9. The van der Waals surface area contributed by atoms with Crippen molar-refractivity contribution in [2.24, 2.45) is 0 Å². The lowest BCUT2D eigenvalue weighted by atomic mass is 9.96. The Bertz CT molecular complexity index is 1090.